The number of carbonyl (C=O) groups excluding carboxylic acids is 1. The summed E-state index contributed by atoms with van der Waals surface area (Å²) in [5.74, 6) is -0.327. The maximum Gasteiger partial charge on any atom is 0.222 e. The zero-order chi connectivity index (χ0) is 15.1. The number of hydrogen-bond acceptors (Lipinski definition) is 7. The van der Waals surface area contributed by atoms with Gasteiger partial charge < -0.3 is 36.2 Å². The molecule has 5 atom stereocenters. The summed E-state index contributed by atoms with van der Waals surface area (Å²) >= 11 is 0. The van der Waals surface area contributed by atoms with Crippen molar-refractivity contribution in [3.8, 4) is 0 Å². The average Bonchev–Trinajstić information content (AvgIpc) is 2.44. The molecule has 8 heteroatoms. The molecule has 1 amide bonds. The first kappa shape index (κ1) is 17.3. The first-order valence-corrected chi connectivity index (χ1v) is 6.81. The van der Waals surface area contributed by atoms with Crippen LogP contribution in [-0.4, -0.2) is 70.1 Å². The van der Waals surface area contributed by atoms with Crippen LogP contribution in [0.1, 0.15) is 25.7 Å². The lowest BCUT2D eigenvalue weighted by Gasteiger charge is -2.40. The Morgan fingerprint density at radius 2 is 1.80 bits per heavy atom. The molecule has 1 rings (SSSR count). The van der Waals surface area contributed by atoms with Crippen LogP contribution in [0.5, 0.6) is 0 Å². The lowest BCUT2D eigenvalue weighted by molar-refractivity contribution is -0.236. The summed E-state index contributed by atoms with van der Waals surface area (Å²) < 4.78 is 5.17. The monoisotopic (exact) mass is 292 g/mol. The maximum atomic E-state index is 11.7. The van der Waals surface area contributed by atoms with Gasteiger partial charge in [0.2, 0.25) is 5.91 Å². The molecule has 1 heterocycles. The second kappa shape index (κ2) is 8.50. The summed E-state index contributed by atoms with van der Waals surface area (Å²) in [6.45, 7) is 0.0577. The minimum atomic E-state index is -1.48. The van der Waals surface area contributed by atoms with Gasteiger partial charge in [0.25, 0.3) is 0 Å². The molecule has 0 aliphatic carbocycles. The first-order valence-electron chi connectivity index (χ1n) is 6.81. The fourth-order valence-electron chi connectivity index (χ4n) is 2.06. The molecule has 0 aromatic carbocycles. The van der Waals surface area contributed by atoms with E-state index in [1.807, 2.05) is 0 Å². The van der Waals surface area contributed by atoms with E-state index in [2.05, 4.69) is 5.32 Å². The van der Waals surface area contributed by atoms with Crippen LogP contribution >= 0.6 is 0 Å². The summed E-state index contributed by atoms with van der Waals surface area (Å²) in [4.78, 5) is 11.7. The highest BCUT2D eigenvalue weighted by atomic mass is 16.6. The Kier molecular flexibility index (Phi) is 7.35. The van der Waals surface area contributed by atoms with Crippen molar-refractivity contribution < 1.29 is 30.0 Å². The summed E-state index contributed by atoms with van der Waals surface area (Å²) in [5.41, 5.74) is 5.34. The van der Waals surface area contributed by atoms with Gasteiger partial charge in [-0.15, -0.1) is 0 Å². The second-order valence-corrected chi connectivity index (χ2v) is 4.92. The van der Waals surface area contributed by atoms with Gasteiger partial charge in [0.1, 0.15) is 24.4 Å². The third-order valence-electron chi connectivity index (χ3n) is 3.30. The van der Waals surface area contributed by atoms with Gasteiger partial charge in [-0.05, 0) is 19.4 Å². The van der Waals surface area contributed by atoms with Gasteiger partial charge in [0.05, 0.1) is 6.61 Å². The number of carbonyl (C=O) groups is 1. The molecule has 0 unspecified atom stereocenters. The van der Waals surface area contributed by atoms with Crippen LogP contribution in [0.2, 0.25) is 0 Å². The predicted molar refractivity (Wildman–Crippen MR) is 69.4 cm³/mol. The molecule has 0 spiro atoms. The molecule has 8 nitrogen and oxygen atoms in total. The Balaban J connectivity index is 2.43. The van der Waals surface area contributed by atoms with Gasteiger partial charge in [-0.25, -0.2) is 0 Å². The summed E-state index contributed by atoms with van der Waals surface area (Å²) in [5, 5.41) is 40.3. The molecule has 1 aliphatic heterocycles. The van der Waals surface area contributed by atoms with Crippen LogP contribution in [0.15, 0.2) is 0 Å². The molecule has 0 saturated carbocycles. The Morgan fingerprint density at radius 1 is 1.10 bits per heavy atom. The average molecular weight is 292 g/mol. The normalized spacial score (nSPS) is 34.0. The first-order chi connectivity index (χ1) is 9.51. The minimum Gasteiger partial charge on any atom is -0.394 e. The van der Waals surface area contributed by atoms with Gasteiger partial charge in [-0.1, -0.05) is 6.42 Å². The van der Waals surface area contributed by atoms with Gasteiger partial charge in [0, 0.05) is 6.42 Å². The number of nitrogens with two attached hydrogens (primary N) is 1. The molecular formula is C12H24N2O6. The Hall–Kier alpha value is -0.770. The van der Waals surface area contributed by atoms with E-state index in [1.165, 1.54) is 0 Å². The van der Waals surface area contributed by atoms with Crippen LogP contribution in [0.4, 0.5) is 0 Å². The van der Waals surface area contributed by atoms with Crippen LogP contribution in [0.25, 0.3) is 0 Å². The maximum absolute atomic E-state index is 11.7. The lowest BCUT2D eigenvalue weighted by atomic mass is 9.98. The molecule has 7 N–H and O–H groups in total. The van der Waals surface area contributed by atoms with E-state index in [9.17, 15) is 20.1 Å². The van der Waals surface area contributed by atoms with E-state index in [4.69, 9.17) is 15.6 Å². The van der Waals surface area contributed by atoms with Crippen LogP contribution in [-0.2, 0) is 9.53 Å². The molecule has 118 valence electrons. The number of amides is 1. The Morgan fingerprint density at radius 3 is 2.40 bits per heavy atom. The standard InChI is InChI=1S/C12H24N2O6/c13-5-3-1-2-4-8(16)14-12-11(19)10(18)9(17)7(6-15)20-12/h7,9-12,15,17-19H,1-6,13H2,(H,14,16)/t7-,9+,10+,11-,12-/m1/s1. The van der Waals surface area contributed by atoms with Gasteiger partial charge in [0.15, 0.2) is 6.23 Å². The molecule has 0 radical (unpaired) electrons. The van der Waals surface area contributed by atoms with Crippen molar-refractivity contribution in [2.24, 2.45) is 5.73 Å². The summed E-state index contributed by atoms with van der Waals surface area (Å²) in [6, 6.07) is 0. The highest BCUT2D eigenvalue weighted by Gasteiger charge is 2.43. The van der Waals surface area contributed by atoms with Crippen molar-refractivity contribution in [3.63, 3.8) is 0 Å². The second-order valence-electron chi connectivity index (χ2n) is 4.92. The number of aliphatic hydroxyl groups excluding tert-OH is 4. The Bertz CT molecular complexity index is 302. The predicted octanol–water partition coefficient (Wildman–Crippen LogP) is -2.58. The number of hydrogen-bond donors (Lipinski definition) is 6. The molecule has 1 saturated heterocycles. The summed E-state index contributed by atoms with van der Waals surface area (Å²) in [6.07, 6.45) is -3.91. The molecule has 1 aliphatic rings. The number of unbranched alkanes of at least 4 members (excludes halogenated alkanes) is 2. The number of rotatable bonds is 7. The molecule has 20 heavy (non-hydrogen) atoms. The largest absolute Gasteiger partial charge is 0.394 e. The number of nitrogens with one attached hydrogen (secondary N) is 1. The SMILES string of the molecule is NCCCCCC(=O)N[C@@H]1O[C@H](CO)[C@H](O)[C@H](O)[C@H]1O. The van der Waals surface area contributed by atoms with Crippen molar-refractivity contribution >= 4 is 5.91 Å². The van der Waals surface area contributed by atoms with Crippen LogP contribution in [0.3, 0.4) is 0 Å². The minimum absolute atomic E-state index is 0.259. The highest BCUT2D eigenvalue weighted by molar-refractivity contribution is 5.76. The van der Waals surface area contributed by atoms with E-state index in [1.54, 1.807) is 0 Å². The van der Waals surface area contributed by atoms with Crippen molar-refractivity contribution in [2.45, 2.75) is 56.3 Å². The van der Waals surface area contributed by atoms with E-state index in [0.717, 1.165) is 12.8 Å². The van der Waals surface area contributed by atoms with E-state index in [0.29, 0.717) is 13.0 Å². The zero-order valence-electron chi connectivity index (χ0n) is 11.3. The molecule has 0 bridgehead atoms. The van der Waals surface area contributed by atoms with Crippen molar-refractivity contribution in [3.05, 3.63) is 0 Å². The quantitative estimate of drug-likeness (QED) is 0.283. The van der Waals surface area contributed by atoms with Crippen molar-refractivity contribution in [2.75, 3.05) is 13.2 Å². The molecule has 0 aromatic heterocycles. The highest BCUT2D eigenvalue weighted by Crippen LogP contribution is 2.19. The smallest absolute Gasteiger partial charge is 0.222 e. The van der Waals surface area contributed by atoms with E-state index in [-0.39, 0.29) is 12.3 Å². The number of aliphatic hydroxyl groups is 4. The zero-order valence-corrected chi connectivity index (χ0v) is 11.3. The molecular weight excluding hydrogens is 268 g/mol. The lowest BCUT2D eigenvalue weighted by Crippen LogP contribution is -2.63. The Labute approximate surface area is 117 Å². The number of ether oxygens (including phenoxy) is 1. The van der Waals surface area contributed by atoms with Gasteiger partial charge >= 0.3 is 0 Å². The molecule has 1 fully saturated rings. The fraction of sp³-hybridized carbons (Fsp3) is 0.917. The molecule has 0 aromatic rings. The van der Waals surface area contributed by atoms with Crippen molar-refractivity contribution in [1.82, 2.24) is 5.32 Å². The van der Waals surface area contributed by atoms with E-state index >= 15 is 0 Å². The van der Waals surface area contributed by atoms with Gasteiger partial charge in [-0.2, -0.15) is 0 Å². The third kappa shape index (κ3) is 4.65. The third-order valence-corrected chi connectivity index (χ3v) is 3.30. The summed E-state index contributed by atoms with van der Waals surface area (Å²) in [7, 11) is 0. The topological polar surface area (TPSA) is 145 Å². The fourth-order valence-corrected chi connectivity index (χ4v) is 2.06. The van der Waals surface area contributed by atoms with Crippen molar-refractivity contribution in [1.29, 1.82) is 0 Å². The van der Waals surface area contributed by atoms with E-state index < -0.39 is 37.3 Å². The van der Waals surface area contributed by atoms with Gasteiger partial charge in [-0.3, -0.25) is 4.79 Å². The van der Waals surface area contributed by atoms with Crippen LogP contribution < -0.4 is 11.1 Å². The van der Waals surface area contributed by atoms with Crippen LogP contribution in [0, 0.1) is 0 Å².